The van der Waals surface area contributed by atoms with Crippen molar-refractivity contribution in [1.29, 1.82) is 0 Å². The van der Waals surface area contributed by atoms with Gasteiger partial charge < -0.3 is 5.11 Å². The topological polar surface area (TPSA) is 37.3 Å². The van der Waals surface area contributed by atoms with E-state index >= 15 is 0 Å². The first-order chi connectivity index (χ1) is 3.15. The van der Waals surface area contributed by atoms with Gasteiger partial charge in [0.05, 0.1) is 0 Å². The number of rotatable bonds is 0. The van der Waals surface area contributed by atoms with Gasteiger partial charge >= 0.3 is 37.0 Å². The number of carboxylic acid groups (broad SMARTS) is 1. The predicted molar refractivity (Wildman–Crippen MR) is 23.8 cm³/mol. The van der Waals surface area contributed by atoms with Gasteiger partial charge in [0.15, 0.2) is 0 Å². The van der Waals surface area contributed by atoms with E-state index in [2.05, 4.69) is 6.92 Å². The van der Waals surface area contributed by atoms with E-state index in [0.29, 0.717) is 0 Å². The van der Waals surface area contributed by atoms with Gasteiger partial charge in [-0.3, -0.25) is 4.79 Å². The molecule has 0 aromatic heterocycles. The van der Waals surface area contributed by atoms with Crippen LogP contribution in [-0.2, 0) is 30.9 Å². The van der Waals surface area contributed by atoms with Crippen molar-refractivity contribution in [2.45, 2.75) is 17.8 Å². The Bertz CT molecular complexity index is 41.0. The quantitative estimate of drug-likeness (QED) is 0.677. The van der Waals surface area contributed by atoms with E-state index in [9.17, 15) is 0 Å². The van der Waals surface area contributed by atoms with Gasteiger partial charge in [-0.25, -0.2) is 0 Å². The molecule has 0 atom stereocenters. The molecule has 0 aromatic rings. The molecule has 0 rings (SSSR count). The van der Waals surface area contributed by atoms with Crippen LogP contribution in [0.4, 0.5) is 0 Å². The molecule has 0 aliphatic carbocycles. The first-order valence-electron chi connectivity index (χ1n) is 2.13. The predicted octanol–water partition coefficient (Wildman–Crippen LogP) is 1.06. The fourth-order valence-corrected chi connectivity index (χ4v) is 0. The Morgan fingerprint density at radius 2 is 1.86 bits per heavy atom. The van der Waals surface area contributed by atoms with Gasteiger partial charge in [0.25, 0.3) is 5.97 Å². The molecule has 1 N–H and O–H groups in total. The van der Waals surface area contributed by atoms with E-state index in [4.69, 9.17) is 9.90 Å². The normalized spacial score (nSPS) is 6.29. The van der Waals surface area contributed by atoms with Crippen LogP contribution in [0.1, 0.15) is 13.8 Å². The molecular formula is C4H9HgO2. The van der Waals surface area contributed by atoms with Crippen molar-refractivity contribution in [1.82, 2.24) is 0 Å². The first-order valence-corrected chi connectivity index (χ1v) is 6.02. The van der Waals surface area contributed by atoms with Gasteiger partial charge in [0.2, 0.25) is 0 Å². The minimum absolute atomic E-state index is 0.833. The summed E-state index contributed by atoms with van der Waals surface area (Å²) in [6.07, 6.45) is 0. The molecule has 0 amide bonds. The van der Waals surface area contributed by atoms with Crippen LogP contribution in [0.5, 0.6) is 0 Å². The molecule has 0 saturated carbocycles. The molecule has 0 bridgehead atoms. The summed E-state index contributed by atoms with van der Waals surface area (Å²) in [6.45, 7) is 3.29. The van der Waals surface area contributed by atoms with Crippen LogP contribution in [0.15, 0.2) is 0 Å². The molecule has 0 aromatic carbocycles. The number of carbonyl (C=O) groups is 1. The van der Waals surface area contributed by atoms with Crippen LogP contribution in [-0.4, -0.2) is 11.1 Å². The summed E-state index contributed by atoms with van der Waals surface area (Å²) in [5.41, 5.74) is 0. The third-order valence-corrected chi connectivity index (χ3v) is 0. The second kappa shape index (κ2) is 9.64. The van der Waals surface area contributed by atoms with Crippen LogP contribution in [0.25, 0.3) is 0 Å². The molecule has 39 valence electrons. The molecule has 3 heteroatoms. The van der Waals surface area contributed by atoms with Crippen molar-refractivity contribution in [3.63, 3.8) is 0 Å². The maximum absolute atomic E-state index is 9.00. The molecule has 0 aliphatic heterocycles. The summed E-state index contributed by atoms with van der Waals surface area (Å²) >= 11 is 1.07. The second-order valence-electron chi connectivity index (χ2n) is 1.02. The molecule has 0 spiro atoms. The number of hydrogen-bond acceptors (Lipinski definition) is 1. The monoisotopic (exact) mass is 291 g/mol. The van der Waals surface area contributed by atoms with E-state index in [1.807, 2.05) is 0 Å². The zero-order chi connectivity index (χ0) is 6.28. The zero-order valence-corrected chi connectivity index (χ0v) is 10.3. The van der Waals surface area contributed by atoms with Gasteiger partial charge in [-0.15, -0.1) is 0 Å². The first kappa shape index (κ1) is 10.4. The van der Waals surface area contributed by atoms with E-state index in [-0.39, 0.29) is 0 Å². The Labute approximate surface area is 59.9 Å². The summed E-state index contributed by atoms with van der Waals surface area (Å²) in [4.78, 5) is 9.00. The minimum atomic E-state index is -0.833. The van der Waals surface area contributed by atoms with Crippen molar-refractivity contribution < 1.29 is 36.0 Å². The molecule has 0 fully saturated rings. The maximum atomic E-state index is 9.00. The fraction of sp³-hybridized carbons (Fsp3) is 0.750. The summed E-state index contributed by atoms with van der Waals surface area (Å²) < 4.78 is 1.44. The fourth-order valence-electron chi connectivity index (χ4n) is 0. The third kappa shape index (κ3) is 757. The summed E-state index contributed by atoms with van der Waals surface area (Å²) in [7, 11) is 0. The Morgan fingerprint density at radius 3 is 1.86 bits per heavy atom. The van der Waals surface area contributed by atoms with Gasteiger partial charge in [-0.1, -0.05) is 0 Å². The molecule has 0 saturated heterocycles. The van der Waals surface area contributed by atoms with E-state index in [0.717, 1.165) is 33.0 Å². The van der Waals surface area contributed by atoms with Gasteiger partial charge in [0.1, 0.15) is 0 Å². The average molecular weight is 290 g/mol. The van der Waals surface area contributed by atoms with E-state index < -0.39 is 5.97 Å². The standard InChI is InChI=1S/C2H4O2.C2H5.Hg/c1-2(3)4;1-2;/h1H3,(H,3,4);1H2,2H3;. The second-order valence-corrected chi connectivity index (χ2v) is 4.91. The molecule has 0 unspecified atom stereocenters. The third-order valence-electron chi connectivity index (χ3n) is 0. The summed E-state index contributed by atoms with van der Waals surface area (Å²) in [6, 6.07) is 0. The molecule has 0 aliphatic rings. The van der Waals surface area contributed by atoms with Crippen molar-refractivity contribution in [2.24, 2.45) is 0 Å². The van der Waals surface area contributed by atoms with Crippen molar-refractivity contribution >= 4 is 5.97 Å². The molecule has 0 radical (unpaired) electrons. The number of hydrogen-bond donors (Lipinski definition) is 1. The van der Waals surface area contributed by atoms with Crippen LogP contribution >= 0.6 is 0 Å². The van der Waals surface area contributed by atoms with Crippen LogP contribution in [0, 0.1) is 0 Å². The number of carboxylic acids is 1. The van der Waals surface area contributed by atoms with E-state index in [1.165, 1.54) is 3.93 Å². The van der Waals surface area contributed by atoms with Gasteiger partial charge in [-0.2, -0.15) is 0 Å². The van der Waals surface area contributed by atoms with Crippen molar-refractivity contribution in [3.05, 3.63) is 0 Å². The Kier molecular flexibility index (Phi) is 14.3. The SMILES string of the molecule is CC(=O)O.C[CH2][Hg]. The Hall–Kier alpha value is 0.405. The molecular weight excluding hydrogens is 281 g/mol. The van der Waals surface area contributed by atoms with Crippen LogP contribution in [0.2, 0.25) is 3.93 Å². The van der Waals surface area contributed by atoms with Crippen LogP contribution < -0.4 is 0 Å². The summed E-state index contributed by atoms with van der Waals surface area (Å²) in [5, 5.41) is 7.42. The molecule has 2 nitrogen and oxygen atoms in total. The van der Waals surface area contributed by atoms with Crippen molar-refractivity contribution in [3.8, 4) is 0 Å². The molecule has 0 heterocycles. The van der Waals surface area contributed by atoms with Crippen molar-refractivity contribution in [2.75, 3.05) is 0 Å². The van der Waals surface area contributed by atoms with Gasteiger partial charge in [0, 0.05) is 6.92 Å². The van der Waals surface area contributed by atoms with Gasteiger partial charge in [-0.05, 0) is 0 Å². The molecule has 7 heavy (non-hydrogen) atoms. The Balaban J connectivity index is 0. The zero-order valence-electron chi connectivity index (χ0n) is 4.77. The average Bonchev–Trinajstić information content (AvgIpc) is 1.33. The van der Waals surface area contributed by atoms with E-state index in [1.54, 1.807) is 0 Å². The summed E-state index contributed by atoms with van der Waals surface area (Å²) in [5.74, 6) is -0.833. The van der Waals surface area contributed by atoms with Crippen LogP contribution in [0.3, 0.4) is 0 Å². The number of aliphatic carboxylic acids is 1. The Morgan fingerprint density at radius 1 is 1.86 bits per heavy atom.